The molecule has 0 fully saturated rings. The summed E-state index contributed by atoms with van der Waals surface area (Å²) in [4.78, 5) is 16.8. The lowest BCUT2D eigenvalue weighted by molar-refractivity contribution is -0.173. The standard InChI is InChI=1S/C16H21F3N4O2/c1-10(2)23-14-13(8-21-23)12(7-11(3)22-14)15(24)20-5-4-6-25-9-16(17,18)19/h7-8,10H,4-6,9H2,1-3H3,(H,20,24). The quantitative estimate of drug-likeness (QED) is 0.773. The van der Waals surface area contributed by atoms with Crippen molar-refractivity contribution in [2.45, 2.75) is 39.4 Å². The normalized spacial score (nSPS) is 12.1. The number of pyridine rings is 1. The molecule has 2 aromatic heterocycles. The molecule has 9 heteroatoms. The number of fused-ring (bicyclic) bond motifs is 1. The van der Waals surface area contributed by atoms with Gasteiger partial charge < -0.3 is 10.1 Å². The first-order chi connectivity index (χ1) is 11.7. The fourth-order valence-electron chi connectivity index (χ4n) is 2.37. The fourth-order valence-corrected chi connectivity index (χ4v) is 2.37. The smallest absolute Gasteiger partial charge is 0.372 e. The van der Waals surface area contributed by atoms with Gasteiger partial charge >= 0.3 is 6.18 Å². The molecule has 1 amide bonds. The molecule has 0 saturated carbocycles. The molecule has 0 aliphatic rings. The lowest BCUT2D eigenvalue weighted by Crippen LogP contribution is -2.26. The molecule has 0 spiro atoms. The summed E-state index contributed by atoms with van der Waals surface area (Å²) in [5.74, 6) is -0.311. The summed E-state index contributed by atoms with van der Waals surface area (Å²) >= 11 is 0. The van der Waals surface area contributed by atoms with Crippen molar-refractivity contribution in [2.75, 3.05) is 19.8 Å². The fraction of sp³-hybridized carbons (Fsp3) is 0.562. The Kier molecular flexibility index (Phi) is 5.99. The van der Waals surface area contributed by atoms with Gasteiger partial charge in [0.25, 0.3) is 5.91 Å². The van der Waals surface area contributed by atoms with Crippen molar-refractivity contribution in [3.05, 3.63) is 23.5 Å². The van der Waals surface area contributed by atoms with E-state index in [0.29, 0.717) is 28.7 Å². The van der Waals surface area contributed by atoms with Crippen LogP contribution in [0.15, 0.2) is 12.3 Å². The lowest BCUT2D eigenvalue weighted by atomic mass is 10.1. The van der Waals surface area contributed by atoms with E-state index in [2.05, 4.69) is 20.1 Å². The van der Waals surface area contributed by atoms with Crippen molar-refractivity contribution in [3.63, 3.8) is 0 Å². The van der Waals surface area contributed by atoms with Gasteiger partial charge in [0.2, 0.25) is 0 Å². The number of halogens is 3. The highest BCUT2D eigenvalue weighted by molar-refractivity contribution is 6.05. The number of nitrogens with one attached hydrogen (secondary N) is 1. The van der Waals surface area contributed by atoms with Crippen molar-refractivity contribution in [2.24, 2.45) is 0 Å². The second-order valence-corrected chi connectivity index (χ2v) is 6.01. The van der Waals surface area contributed by atoms with Crippen LogP contribution in [0.5, 0.6) is 0 Å². The summed E-state index contributed by atoms with van der Waals surface area (Å²) in [6, 6.07) is 1.78. The molecular formula is C16H21F3N4O2. The van der Waals surface area contributed by atoms with E-state index >= 15 is 0 Å². The Morgan fingerprint density at radius 2 is 2.12 bits per heavy atom. The van der Waals surface area contributed by atoms with E-state index in [9.17, 15) is 18.0 Å². The van der Waals surface area contributed by atoms with Crippen LogP contribution in [0.3, 0.4) is 0 Å². The monoisotopic (exact) mass is 358 g/mol. The summed E-state index contributed by atoms with van der Waals surface area (Å²) < 4.78 is 42.1. The average molecular weight is 358 g/mol. The predicted octanol–water partition coefficient (Wildman–Crippen LogP) is 3.02. The van der Waals surface area contributed by atoms with E-state index in [-0.39, 0.29) is 25.1 Å². The Bertz CT molecular complexity index is 741. The summed E-state index contributed by atoms with van der Waals surface area (Å²) in [5, 5.41) is 7.60. The zero-order chi connectivity index (χ0) is 18.6. The van der Waals surface area contributed by atoms with Crippen LogP contribution in [-0.4, -0.2) is 46.6 Å². The molecule has 0 unspecified atom stereocenters. The zero-order valence-corrected chi connectivity index (χ0v) is 14.4. The highest BCUT2D eigenvalue weighted by Crippen LogP contribution is 2.21. The summed E-state index contributed by atoms with van der Waals surface area (Å²) in [6.07, 6.45) is -2.44. The molecule has 0 aliphatic carbocycles. The van der Waals surface area contributed by atoms with Gasteiger partial charge in [-0.1, -0.05) is 0 Å². The van der Waals surface area contributed by atoms with Gasteiger partial charge in [0.1, 0.15) is 6.61 Å². The molecule has 2 aromatic rings. The number of rotatable bonds is 7. The Labute approximate surface area is 143 Å². The first-order valence-corrected chi connectivity index (χ1v) is 7.96. The highest BCUT2D eigenvalue weighted by Gasteiger charge is 2.27. The molecule has 2 heterocycles. The average Bonchev–Trinajstić information content (AvgIpc) is 2.92. The number of hydrogen-bond acceptors (Lipinski definition) is 4. The summed E-state index contributed by atoms with van der Waals surface area (Å²) in [7, 11) is 0. The zero-order valence-electron chi connectivity index (χ0n) is 14.4. The number of nitrogens with zero attached hydrogens (tertiary/aromatic N) is 3. The molecule has 1 N–H and O–H groups in total. The number of alkyl halides is 3. The van der Waals surface area contributed by atoms with E-state index in [1.165, 1.54) is 0 Å². The van der Waals surface area contributed by atoms with Gasteiger partial charge in [-0.3, -0.25) is 4.79 Å². The Morgan fingerprint density at radius 1 is 1.40 bits per heavy atom. The molecule has 6 nitrogen and oxygen atoms in total. The molecule has 0 aliphatic heterocycles. The van der Waals surface area contributed by atoms with Gasteiger partial charge in [0, 0.05) is 24.9 Å². The number of ether oxygens (including phenoxy) is 1. The van der Waals surface area contributed by atoms with Crippen molar-refractivity contribution in [3.8, 4) is 0 Å². The first-order valence-electron chi connectivity index (χ1n) is 7.96. The molecule has 0 aromatic carbocycles. The van der Waals surface area contributed by atoms with Crippen LogP contribution >= 0.6 is 0 Å². The maximum atomic E-state index is 12.4. The minimum Gasteiger partial charge on any atom is -0.372 e. The molecule has 25 heavy (non-hydrogen) atoms. The van der Waals surface area contributed by atoms with Gasteiger partial charge in [0.15, 0.2) is 5.65 Å². The Morgan fingerprint density at radius 3 is 2.76 bits per heavy atom. The first kappa shape index (κ1) is 19.2. The molecule has 0 saturated heterocycles. The lowest BCUT2D eigenvalue weighted by Gasteiger charge is -2.10. The number of carbonyl (C=O) groups excluding carboxylic acids is 1. The molecule has 0 radical (unpaired) electrons. The Hall–Kier alpha value is -2.16. The topological polar surface area (TPSA) is 69.0 Å². The third-order valence-corrected chi connectivity index (χ3v) is 3.45. The van der Waals surface area contributed by atoms with Gasteiger partial charge in [-0.2, -0.15) is 18.3 Å². The molecular weight excluding hydrogens is 337 g/mol. The second-order valence-electron chi connectivity index (χ2n) is 6.01. The van der Waals surface area contributed by atoms with Crippen molar-refractivity contribution in [1.29, 1.82) is 0 Å². The maximum absolute atomic E-state index is 12.4. The van der Waals surface area contributed by atoms with Gasteiger partial charge in [-0.05, 0) is 33.3 Å². The largest absolute Gasteiger partial charge is 0.411 e. The van der Waals surface area contributed by atoms with E-state index < -0.39 is 12.8 Å². The summed E-state index contributed by atoms with van der Waals surface area (Å²) in [6.45, 7) is 4.60. The van der Waals surface area contributed by atoms with Gasteiger partial charge in [0.05, 0.1) is 17.1 Å². The van der Waals surface area contributed by atoms with E-state index in [1.807, 2.05) is 13.8 Å². The van der Waals surface area contributed by atoms with Crippen LogP contribution in [0.25, 0.3) is 11.0 Å². The van der Waals surface area contributed by atoms with Crippen molar-refractivity contribution in [1.82, 2.24) is 20.1 Å². The molecule has 138 valence electrons. The molecule has 2 rings (SSSR count). The third-order valence-electron chi connectivity index (χ3n) is 3.45. The van der Waals surface area contributed by atoms with Crippen LogP contribution in [0.4, 0.5) is 13.2 Å². The predicted molar refractivity (Wildman–Crippen MR) is 86.5 cm³/mol. The number of aryl methyl sites for hydroxylation is 1. The number of aromatic nitrogens is 3. The second kappa shape index (κ2) is 7.81. The maximum Gasteiger partial charge on any atom is 0.411 e. The van der Waals surface area contributed by atoms with Crippen molar-refractivity contribution >= 4 is 16.9 Å². The number of amides is 1. The molecule has 0 bridgehead atoms. The van der Waals surface area contributed by atoms with E-state index in [4.69, 9.17) is 0 Å². The number of hydrogen-bond donors (Lipinski definition) is 1. The van der Waals surface area contributed by atoms with Gasteiger partial charge in [-0.15, -0.1) is 0 Å². The van der Waals surface area contributed by atoms with E-state index in [1.54, 1.807) is 23.9 Å². The highest BCUT2D eigenvalue weighted by atomic mass is 19.4. The van der Waals surface area contributed by atoms with E-state index in [0.717, 1.165) is 0 Å². The SMILES string of the molecule is Cc1cc(C(=O)NCCCOCC(F)(F)F)c2cnn(C(C)C)c2n1. The van der Waals surface area contributed by atoms with Crippen molar-refractivity contribution < 1.29 is 22.7 Å². The number of carbonyl (C=O) groups is 1. The summed E-state index contributed by atoms with van der Waals surface area (Å²) in [5.41, 5.74) is 1.77. The Balaban J connectivity index is 1.98. The third kappa shape index (κ3) is 5.15. The van der Waals surface area contributed by atoms with Crippen LogP contribution in [0.1, 0.15) is 42.4 Å². The minimum atomic E-state index is -4.33. The van der Waals surface area contributed by atoms with Crippen LogP contribution in [0.2, 0.25) is 0 Å². The minimum absolute atomic E-state index is 0.0736. The van der Waals surface area contributed by atoms with Gasteiger partial charge in [-0.25, -0.2) is 9.67 Å². The molecule has 0 atom stereocenters. The van der Waals surface area contributed by atoms with Crippen LogP contribution < -0.4 is 5.32 Å². The van der Waals surface area contributed by atoms with Crippen LogP contribution in [0, 0.1) is 6.92 Å². The van der Waals surface area contributed by atoms with Crippen LogP contribution in [-0.2, 0) is 4.74 Å².